The topological polar surface area (TPSA) is 152 Å². The number of nitrogens with zero attached hydrogens (tertiary/aromatic N) is 9. The number of likely N-dealkylation sites (tertiary alicyclic amines) is 3. The average molecular weight is 1020 g/mol. The van der Waals surface area contributed by atoms with Crippen LogP contribution in [0.15, 0.2) is 73.2 Å². The monoisotopic (exact) mass is 1020 g/mol. The van der Waals surface area contributed by atoms with Crippen LogP contribution in [0.5, 0.6) is 0 Å². The number of rotatable bonds is 12. The lowest BCUT2D eigenvalue weighted by atomic mass is 9.73. The molecule has 394 valence electrons. The van der Waals surface area contributed by atoms with E-state index in [0.29, 0.717) is 42.2 Å². The van der Waals surface area contributed by atoms with Gasteiger partial charge in [-0.05, 0) is 164 Å². The fourth-order valence-corrected chi connectivity index (χ4v) is 14.0. The van der Waals surface area contributed by atoms with Crippen LogP contribution in [0, 0.1) is 17.7 Å². The lowest BCUT2D eigenvalue weighted by Crippen LogP contribution is -2.58. The minimum Gasteiger partial charge on any atom is -0.357 e. The summed E-state index contributed by atoms with van der Waals surface area (Å²) >= 11 is 0. The van der Waals surface area contributed by atoms with Crippen LogP contribution < -0.4 is 20.4 Å². The highest BCUT2D eigenvalue weighted by Crippen LogP contribution is 2.52. The molecule has 75 heavy (non-hydrogen) atoms. The van der Waals surface area contributed by atoms with Gasteiger partial charge >= 0.3 is 0 Å². The van der Waals surface area contributed by atoms with Crippen molar-refractivity contribution in [2.45, 2.75) is 139 Å². The van der Waals surface area contributed by atoms with Gasteiger partial charge in [0.05, 0.1) is 34.6 Å². The summed E-state index contributed by atoms with van der Waals surface area (Å²) in [5, 5.41) is 5.75. The molecule has 6 fully saturated rings. The maximum Gasteiger partial charge on any atom is 0.238 e. The summed E-state index contributed by atoms with van der Waals surface area (Å²) < 4.78 is 17.2. The molecule has 15 nitrogen and oxygen atoms in total. The second-order valence-corrected chi connectivity index (χ2v) is 23.2. The first-order chi connectivity index (χ1) is 36.4. The highest BCUT2D eigenvalue weighted by Gasteiger charge is 2.56. The van der Waals surface area contributed by atoms with Crippen molar-refractivity contribution in [3.05, 3.63) is 90.1 Å². The Kier molecular flexibility index (Phi) is 13.5. The number of aromatic nitrogens is 4. The van der Waals surface area contributed by atoms with Gasteiger partial charge in [-0.1, -0.05) is 36.8 Å². The van der Waals surface area contributed by atoms with Crippen molar-refractivity contribution in [2.75, 3.05) is 68.0 Å². The summed E-state index contributed by atoms with van der Waals surface area (Å²) in [5.74, 6) is 1.19. The number of hydrogen-bond donors (Lipinski definition) is 2. The molecule has 5 aliphatic heterocycles. The Balaban J connectivity index is 0.706. The van der Waals surface area contributed by atoms with E-state index >= 15 is 9.18 Å². The number of carbonyl (C=O) groups is 4. The fraction of sp³-hybridized carbons (Fsp3) is 0.542. The number of carbonyl (C=O) groups excluding carboxylic acids is 4. The van der Waals surface area contributed by atoms with Crippen LogP contribution in [0.2, 0.25) is 0 Å². The van der Waals surface area contributed by atoms with Gasteiger partial charge in [-0.3, -0.25) is 24.5 Å². The maximum atomic E-state index is 15.3. The number of imidazole rings is 1. The molecule has 3 aromatic heterocycles. The minimum absolute atomic E-state index is 0.0358. The van der Waals surface area contributed by atoms with Gasteiger partial charge in [0.25, 0.3) is 0 Å². The third kappa shape index (κ3) is 9.37. The van der Waals surface area contributed by atoms with Crippen LogP contribution >= 0.6 is 0 Å². The number of pyridine rings is 2. The van der Waals surface area contributed by atoms with Gasteiger partial charge in [-0.25, -0.2) is 19.3 Å². The van der Waals surface area contributed by atoms with E-state index in [0.717, 1.165) is 149 Å². The highest BCUT2D eigenvalue weighted by atomic mass is 19.1. The largest absolute Gasteiger partial charge is 0.357 e. The van der Waals surface area contributed by atoms with Crippen LogP contribution in [0.25, 0.3) is 22.3 Å². The molecule has 7 aliphatic rings. The zero-order valence-electron chi connectivity index (χ0n) is 43.9. The highest BCUT2D eigenvalue weighted by molar-refractivity contribution is 6.09. The molecule has 2 aliphatic carbocycles. The van der Waals surface area contributed by atoms with E-state index in [4.69, 9.17) is 15.0 Å². The predicted octanol–water partition coefficient (Wildman–Crippen LogP) is 8.72. The van der Waals surface area contributed by atoms with Gasteiger partial charge in [0.15, 0.2) is 5.82 Å². The van der Waals surface area contributed by atoms with Crippen molar-refractivity contribution in [3.63, 3.8) is 0 Å². The van der Waals surface area contributed by atoms with Crippen LogP contribution in [0.1, 0.15) is 127 Å². The Morgan fingerprint density at radius 3 is 2.40 bits per heavy atom. The number of anilines is 4. The van der Waals surface area contributed by atoms with Crippen molar-refractivity contribution in [3.8, 4) is 11.3 Å². The number of imide groups is 1. The van der Waals surface area contributed by atoms with Crippen molar-refractivity contribution in [2.24, 2.45) is 11.8 Å². The molecule has 16 heteroatoms. The molecule has 2 N–H and O–H groups in total. The van der Waals surface area contributed by atoms with Crippen molar-refractivity contribution < 1.29 is 23.6 Å². The third-order valence-corrected chi connectivity index (χ3v) is 18.5. The lowest BCUT2D eigenvalue weighted by molar-refractivity contribution is -0.136. The average Bonchev–Trinajstić information content (AvgIpc) is 4.14. The molecule has 1 spiro atoms. The number of benzene rings is 2. The van der Waals surface area contributed by atoms with Crippen LogP contribution in [0.4, 0.5) is 27.4 Å². The number of fused-ring (bicyclic) bond motifs is 3. The molecular formula is C59H72FN11O4. The number of nitrogens with one attached hydrogen (secondary N) is 2. The normalized spacial score (nSPS) is 26.2. The van der Waals surface area contributed by atoms with Gasteiger partial charge in [-0.15, -0.1) is 0 Å². The molecule has 8 heterocycles. The molecule has 2 saturated carbocycles. The van der Waals surface area contributed by atoms with Crippen LogP contribution in [0.3, 0.4) is 0 Å². The van der Waals surface area contributed by atoms with E-state index in [-0.39, 0.29) is 53.5 Å². The first-order valence-electron chi connectivity index (χ1n) is 28.1. The van der Waals surface area contributed by atoms with Gasteiger partial charge in [-0.2, -0.15) is 0 Å². The van der Waals surface area contributed by atoms with Gasteiger partial charge in [0.2, 0.25) is 23.6 Å². The second kappa shape index (κ2) is 20.4. The predicted molar refractivity (Wildman–Crippen MR) is 288 cm³/mol. The van der Waals surface area contributed by atoms with Gasteiger partial charge in [0.1, 0.15) is 17.2 Å². The van der Waals surface area contributed by atoms with E-state index in [1.54, 1.807) is 18.3 Å². The molecule has 0 radical (unpaired) electrons. The van der Waals surface area contributed by atoms with Gasteiger partial charge < -0.3 is 34.4 Å². The zero-order chi connectivity index (χ0) is 51.5. The number of amides is 4. The van der Waals surface area contributed by atoms with Crippen LogP contribution in [-0.2, 0) is 24.6 Å². The van der Waals surface area contributed by atoms with E-state index in [9.17, 15) is 14.4 Å². The first kappa shape index (κ1) is 49.6. The molecule has 0 bridgehead atoms. The van der Waals surface area contributed by atoms with E-state index in [1.165, 1.54) is 25.3 Å². The SMILES string of the molecule is CC(C)n1cnc2cc(-c3ccc4c(c3)N(C3CC(N5CCCCC5)C3)C(=O)C43CCN(CC4CCN(C(=O)C5CCC(N(C)c6ccc(C7CCC(=O)NC7=O)cn6)CC5)C4)CC3)nc(Nc3ccccc3F)c21. The molecule has 2 aromatic carbocycles. The smallest absolute Gasteiger partial charge is 0.238 e. The number of hydrogen-bond acceptors (Lipinski definition) is 11. The minimum atomic E-state index is -0.592. The zero-order valence-corrected chi connectivity index (χ0v) is 43.9. The summed E-state index contributed by atoms with van der Waals surface area (Å²) in [6, 6.07) is 20.2. The van der Waals surface area contributed by atoms with E-state index < -0.39 is 5.41 Å². The Bertz CT molecular complexity index is 2970. The van der Waals surface area contributed by atoms with Gasteiger partial charge in [0, 0.05) is 80.6 Å². The van der Waals surface area contributed by atoms with E-state index in [2.05, 4.69) is 78.8 Å². The van der Waals surface area contributed by atoms with Crippen molar-refractivity contribution in [1.82, 2.24) is 39.5 Å². The van der Waals surface area contributed by atoms with Crippen molar-refractivity contribution >= 4 is 57.7 Å². The number of halogens is 1. The molecule has 2 atom stereocenters. The summed E-state index contributed by atoms with van der Waals surface area (Å²) in [4.78, 5) is 79.8. The van der Waals surface area contributed by atoms with E-state index in [1.807, 2.05) is 30.6 Å². The third-order valence-electron chi connectivity index (χ3n) is 18.5. The fourth-order valence-electron chi connectivity index (χ4n) is 14.0. The maximum absolute atomic E-state index is 15.3. The molecule has 4 amide bonds. The molecular weight excluding hydrogens is 946 g/mol. The number of para-hydroxylation sites is 1. The second-order valence-electron chi connectivity index (χ2n) is 23.2. The van der Waals surface area contributed by atoms with Crippen molar-refractivity contribution in [1.29, 1.82) is 0 Å². The summed E-state index contributed by atoms with van der Waals surface area (Å²) in [6.07, 6.45) is 16.3. The Morgan fingerprint density at radius 2 is 1.67 bits per heavy atom. The summed E-state index contributed by atoms with van der Waals surface area (Å²) in [5.41, 5.74) is 5.92. The Morgan fingerprint density at radius 1 is 0.880 bits per heavy atom. The summed E-state index contributed by atoms with van der Waals surface area (Å²) in [7, 11) is 2.07. The lowest BCUT2D eigenvalue weighted by Gasteiger charge is -2.48. The molecule has 5 aromatic rings. The first-order valence-corrected chi connectivity index (χ1v) is 28.1. The molecule has 4 saturated heterocycles. The molecule has 2 unspecified atom stereocenters. The quantitative estimate of drug-likeness (QED) is 0.116. The number of piperidine rings is 3. The standard InChI is InChI=1S/C59H72FN11O4/c1-37(2)70-36-62-50-32-49(64-55(54(50)70)63-48-10-6-5-9-47(48)60)40-13-18-46-51(29-40)71(44-30-43(31-44)68-24-7-4-8-25-68)58(75)59(46)22-27-67(28-23-59)34-38-21-26-69(35-38)57(74)39-11-15-42(16-12-39)66(3)52-19-14-41(33-61-52)45-17-20-53(72)65-56(45)73/h5-6,9-10,13-14,18-19,29,32-33,36-39,42-45H,4,7-8,11-12,15-17,20-28,30-31,34-35H2,1-3H3,(H,63,64)(H,65,72,73). The van der Waals surface area contributed by atoms with Crippen LogP contribution in [-0.4, -0.2) is 129 Å². The Hall–Kier alpha value is -6.26. The summed E-state index contributed by atoms with van der Waals surface area (Å²) in [6.45, 7) is 10.7. The Labute approximate surface area is 439 Å². The molecule has 12 rings (SSSR count).